The van der Waals surface area contributed by atoms with Crippen LogP contribution in [-0.2, 0) is 0 Å². The van der Waals surface area contributed by atoms with Gasteiger partial charge in [-0.1, -0.05) is 12.1 Å². The molecule has 94 valence electrons. The van der Waals surface area contributed by atoms with Gasteiger partial charge in [-0.2, -0.15) is 0 Å². The van der Waals surface area contributed by atoms with Crippen molar-refractivity contribution in [1.29, 1.82) is 0 Å². The molecule has 0 aliphatic carbocycles. The lowest BCUT2D eigenvalue weighted by Crippen LogP contribution is -2.06. The molecule has 0 saturated heterocycles. The molecule has 2 rings (SSSR count). The fourth-order valence-electron chi connectivity index (χ4n) is 1.61. The molecule has 1 heterocycles. The Morgan fingerprint density at radius 3 is 2.61 bits per heavy atom. The highest BCUT2D eigenvalue weighted by molar-refractivity contribution is 5.64. The highest BCUT2D eigenvalue weighted by atomic mass is 19.1. The van der Waals surface area contributed by atoms with Crippen LogP contribution in [0.3, 0.4) is 0 Å². The van der Waals surface area contributed by atoms with Crippen LogP contribution >= 0.6 is 0 Å². The van der Waals surface area contributed by atoms with Crippen LogP contribution in [0.2, 0.25) is 0 Å². The summed E-state index contributed by atoms with van der Waals surface area (Å²) in [4.78, 5) is 8.27. The summed E-state index contributed by atoms with van der Waals surface area (Å²) >= 11 is 0. The van der Waals surface area contributed by atoms with E-state index in [0.717, 1.165) is 17.9 Å². The maximum absolute atomic E-state index is 13.5. The van der Waals surface area contributed by atoms with E-state index < -0.39 is 0 Å². The molecule has 18 heavy (non-hydrogen) atoms. The zero-order valence-electron chi connectivity index (χ0n) is 10.4. The number of nitrogens with one attached hydrogen (secondary N) is 2. The van der Waals surface area contributed by atoms with Crippen molar-refractivity contribution in [2.75, 3.05) is 17.2 Å². The van der Waals surface area contributed by atoms with Crippen molar-refractivity contribution in [3.63, 3.8) is 0 Å². The van der Waals surface area contributed by atoms with Crippen molar-refractivity contribution in [3.8, 4) is 0 Å². The minimum absolute atomic E-state index is 0.305. The summed E-state index contributed by atoms with van der Waals surface area (Å²) in [6.45, 7) is 4.66. The van der Waals surface area contributed by atoms with E-state index in [4.69, 9.17) is 0 Å². The second-order valence-corrected chi connectivity index (χ2v) is 3.83. The lowest BCUT2D eigenvalue weighted by Gasteiger charge is -2.12. The zero-order chi connectivity index (χ0) is 13.0. The van der Waals surface area contributed by atoms with Crippen LogP contribution in [0.25, 0.3) is 0 Å². The third-order valence-corrected chi connectivity index (χ3v) is 2.56. The minimum Gasteiger partial charge on any atom is -0.370 e. The molecule has 0 fully saturated rings. The monoisotopic (exact) mass is 246 g/mol. The van der Waals surface area contributed by atoms with Crippen LogP contribution in [0, 0.1) is 12.7 Å². The lowest BCUT2D eigenvalue weighted by atomic mass is 10.2. The topological polar surface area (TPSA) is 49.8 Å². The smallest absolute Gasteiger partial charge is 0.146 e. The van der Waals surface area contributed by atoms with Gasteiger partial charge >= 0.3 is 0 Å². The van der Waals surface area contributed by atoms with E-state index in [9.17, 15) is 4.39 Å². The number of hydrogen-bond donors (Lipinski definition) is 2. The van der Waals surface area contributed by atoms with Crippen molar-refractivity contribution in [2.24, 2.45) is 0 Å². The fourth-order valence-corrected chi connectivity index (χ4v) is 1.61. The summed E-state index contributed by atoms with van der Waals surface area (Å²) in [6.07, 6.45) is 1.45. The number of nitrogens with zero attached hydrogens (tertiary/aromatic N) is 2. The molecule has 0 amide bonds. The van der Waals surface area contributed by atoms with Crippen LogP contribution in [0.1, 0.15) is 12.5 Å². The molecule has 4 nitrogen and oxygen atoms in total. The van der Waals surface area contributed by atoms with Gasteiger partial charge in [0.1, 0.15) is 23.8 Å². The summed E-state index contributed by atoms with van der Waals surface area (Å²) in [5.74, 6) is 1.05. The molecule has 0 unspecified atom stereocenters. The van der Waals surface area contributed by atoms with Crippen molar-refractivity contribution < 1.29 is 4.39 Å². The molecular weight excluding hydrogens is 231 g/mol. The largest absolute Gasteiger partial charge is 0.370 e. The summed E-state index contributed by atoms with van der Waals surface area (Å²) in [5, 5.41) is 6.10. The van der Waals surface area contributed by atoms with E-state index in [-0.39, 0.29) is 5.82 Å². The van der Waals surface area contributed by atoms with Gasteiger partial charge in [0.05, 0.1) is 5.69 Å². The number of rotatable bonds is 4. The normalized spacial score (nSPS) is 10.2. The first-order valence-electron chi connectivity index (χ1n) is 5.79. The highest BCUT2D eigenvalue weighted by Crippen LogP contribution is 2.23. The number of halogens is 1. The van der Waals surface area contributed by atoms with Gasteiger partial charge in [0.15, 0.2) is 0 Å². The molecule has 2 aromatic rings. The van der Waals surface area contributed by atoms with Gasteiger partial charge in [-0.05, 0) is 26.0 Å². The van der Waals surface area contributed by atoms with E-state index >= 15 is 0 Å². The molecule has 1 aromatic carbocycles. The average molecular weight is 246 g/mol. The van der Waals surface area contributed by atoms with Gasteiger partial charge in [0.2, 0.25) is 0 Å². The van der Waals surface area contributed by atoms with E-state index in [2.05, 4.69) is 20.6 Å². The molecule has 0 saturated carbocycles. The Morgan fingerprint density at radius 1 is 1.17 bits per heavy atom. The molecule has 0 aliphatic rings. The second-order valence-electron chi connectivity index (χ2n) is 3.83. The Bertz CT molecular complexity index is 542. The van der Waals surface area contributed by atoms with Gasteiger partial charge in [0.25, 0.3) is 0 Å². The predicted octanol–water partition coefficient (Wildman–Crippen LogP) is 3.10. The van der Waals surface area contributed by atoms with Crippen LogP contribution in [0.5, 0.6) is 0 Å². The van der Waals surface area contributed by atoms with Gasteiger partial charge in [0, 0.05) is 12.1 Å². The third kappa shape index (κ3) is 2.56. The van der Waals surface area contributed by atoms with Crippen LogP contribution in [0.4, 0.5) is 21.7 Å². The van der Waals surface area contributed by atoms with E-state index in [1.54, 1.807) is 18.2 Å². The third-order valence-electron chi connectivity index (χ3n) is 2.56. The Hall–Kier alpha value is -2.17. The summed E-state index contributed by atoms with van der Waals surface area (Å²) in [7, 11) is 0. The van der Waals surface area contributed by atoms with Crippen molar-refractivity contribution in [3.05, 3.63) is 42.0 Å². The predicted molar refractivity (Wildman–Crippen MR) is 70.6 cm³/mol. The number of para-hydroxylation sites is 1. The Labute approximate surface area is 105 Å². The van der Waals surface area contributed by atoms with Crippen molar-refractivity contribution in [1.82, 2.24) is 9.97 Å². The van der Waals surface area contributed by atoms with Gasteiger partial charge < -0.3 is 10.6 Å². The Balaban J connectivity index is 2.30. The number of hydrogen-bond acceptors (Lipinski definition) is 4. The summed E-state index contributed by atoms with van der Waals surface area (Å²) in [5.41, 5.74) is 1.27. The van der Waals surface area contributed by atoms with E-state index in [1.165, 1.54) is 12.4 Å². The van der Waals surface area contributed by atoms with Crippen LogP contribution in [-0.4, -0.2) is 16.5 Å². The average Bonchev–Trinajstić information content (AvgIpc) is 2.37. The molecular formula is C13H15FN4. The van der Waals surface area contributed by atoms with Gasteiger partial charge in [-0.3, -0.25) is 0 Å². The molecule has 1 aromatic heterocycles. The molecule has 5 heteroatoms. The van der Waals surface area contributed by atoms with Crippen LogP contribution < -0.4 is 10.6 Å². The van der Waals surface area contributed by atoms with Crippen LogP contribution in [0.15, 0.2) is 30.6 Å². The molecule has 2 N–H and O–H groups in total. The molecule has 0 aliphatic heterocycles. The quantitative estimate of drug-likeness (QED) is 0.870. The first kappa shape index (κ1) is 12.3. The van der Waals surface area contributed by atoms with Crippen molar-refractivity contribution in [2.45, 2.75) is 13.8 Å². The van der Waals surface area contributed by atoms with E-state index in [1.807, 2.05) is 13.8 Å². The standard InChI is InChI=1S/C13H15FN4/c1-3-15-12-9(2)13(17-8-16-12)18-11-7-5-4-6-10(11)14/h4-8H,3H2,1-2H3,(H2,15,16,17,18). The maximum atomic E-state index is 13.5. The SMILES string of the molecule is CCNc1ncnc(Nc2ccccc2F)c1C. The molecule has 0 radical (unpaired) electrons. The summed E-state index contributed by atoms with van der Waals surface area (Å²) in [6, 6.07) is 6.50. The van der Waals surface area contributed by atoms with Gasteiger partial charge in [-0.25, -0.2) is 14.4 Å². The second kappa shape index (κ2) is 5.44. The molecule has 0 bridgehead atoms. The lowest BCUT2D eigenvalue weighted by molar-refractivity contribution is 0.632. The van der Waals surface area contributed by atoms with Crippen molar-refractivity contribution >= 4 is 17.3 Å². The number of anilines is 3. The zero-order valence-corrected chi connectivity index (χ0v) is 10.4. The minimum atomic E-state index is -0.305. The molecule has 0 spiro atoms. The first-order chi connectivity index (χ1) is 8.72. The Morgan fingerprint density at radius 2 is 1.89 bits per heavy atom. The number of benzene rings is 1. The van der Waals surface area contributed by atoms with E-state index in [0.29, 0.717) is 11.5 Å². The first-order valence-corrected chi connectivity index (χ1v) is 5.79. The summed E-state index contributed by atoms with van der Waals surface area (Å²) < 4.78 is 13.5. The Kier molecular flexibility index (Phi) is 3.72. The number of aromatic nitrogens is 2. The fraction of sp³-hybridized carbons (Fsp3) is 0.231. The highest BCUT2D eigenvalue weighted by Gasteiger charge is 2.08. The molecule has 0 atom stereocenters. The van der Waals surface area contributed by atoms with Gasteiger partial charge in [-0.15, -0.1) is 0 Å². The maximum Gasteiger partial charge on any atom is 0.146 e.